The molecule has 3 rings (SSSR count). The monoisotopic (exact) mass is 388 g/mol. The van der Waals surface area contributed by atoms with Crippen LogP contribution in [0.1, 0.15) is 12.8 Å². The number of carbonyl (C=O) groups is 2. The number of halogens is 2. The molecule has 2 saturated heterocycles. The van der Waals surface area contributed by atoms with Gasteiger partial charge < -0.3 is 5.32 Å². The minimum Gasteiger partial charge on any atom is -0.321 e. The largest absolute Gasteiger partial charge is 0.325 e. The second-order valence-corrected chi connectivity index (χ2v) is 7.77. The van der Waals surface area contributed by atoms with Crippen molar-refractivity contribution in [1.29, 1.82) is 0 Å². The Labute approximate surface area is 149 Å². The normalized spacial score (nSPS) is 23.5. The highest BCUT2D eigenvalue weighted by Crippen LogP contribution is 2.22. The third kappa shape index (κ3) is 3.55. The Hall–Kier alpha value is -2.11. The lowest BCUT2D eigenvalue weighted by molar-refractivity contribution is -0.136. The zero-order valence-corrected chi connectivity index (χ0v) is 14.5. The average molecular weight is 388 g/mol. The van der Waals surface area contributed by atoms with Crippen molar-refractivity contribution in [2.45, 2.75) is 23.9 Å². The van der Waals surface area contributed by atoms with Gasteiger partial charge in [0.15, 0.2) is 4.90 Å². The summed E-state index contributed by atoms with van der Waals surface area (Å²) in [5.74, 6) is -3.26. The van der Waals surface area contributed by atoms with Crippen molar-refractivity contribution in [1.82, 2.24) is 20.3 Å². The molecule has 2 unspecified atom stereocenters. The Morgan fingerprint density at radius 1 is 1.23 bits per heavy atom. The summed E-state index contributed by atoms with van der Waals surface area (Å²) in [5, 5.41) is 5.70. The van der Waals surface area contributed by atoms with E-state index in [-0.39, 0.29) is 13.1 Å². The fourth-order valence-electron chi connectivity index (χ4n) is 3.13. The first-order valence-corrected chi connectivity index (χ1v) is 9.58. The molecule has 26 heavy (non-hydrogen) atoms. The summed E-state index contributed by atoms with van der Waals surface area (Å²) in [6, 6.07) is 2.07. The number of rotatable bonds is 5. The zero-order chi connectivity index (χ0) is 18.9. The van der Waals surface area contributed by atoms with Crippen LogP contribution in [0.5, 0.6) is 0 Å². The van der Waals surface area contributed by atoms with Crippen molar-refractivity contribution in [3.8, 4) is 0 Å². The highest BCUT2D eigenvalue weighted by atomic mass is 32.2. The Kier molecular flexibility index (Phi) is 5.21. The molecule has 0 saturated carbocycles. The van der Waals surface area contributed by atoms with Gasteiger partial charge in [0.25, 0.3) is 0 Å². The molecule has 0 aromatic heterocycles. The Morgan fingerprint density at radius 2 is 1.92 bits per heavy atom. The van der Waals surface area contributed by atoms with Crippen LogP contribution in [0.2, 0.25) is 0 Å². The van der Waals surface area contributed by atoms with E-state index in [1.807, 2.05) is 4.72 Å². The molecular formula is C15H18F2N4O4S. The first-order chi connectivity index (χ1) is 12.3. The van der Waals surface area contributed by atoms with Gasteiger partial charge in [0.05, 0.1) is 12.1 Å². The standard InChI is InChI=1S/C15H18F2N4O4S/c16-10-4-1-5-11(17)12(10)26(24,25)19-7-8-21-14(22)9-3-2-6-18-13(9)20-15(21)23/h1,4-5,9,13,18-19H,2-3,6-8H2,(H,20,23). The van der Waals surface area contributed by atoms with Gasteiger partial charge in [0, 0.05) is 13.1 Å². The van der Waals surface area contributed by atoms with E-state index >= 15 is 0 Å². The minimum absolute atomic E-state index is 0.247. The number of fused-ring (bicyclic) bond motifs is 1. The minimum atomic E-state index is -4.46. The topological polar surface area (TPSA) is 108 Å². The van der Waals surface area contributed by atoms with Crippen LogP contribution in [-0.2, 0) is 14.8 Å². The molecule has 1 aromatic rings. The van der Waals surface area contributed by atoms with Crippen molar-refractivity contribution >= 4 is 22.0 Å². The van der Waals surface area contributed by atoms with Gasteiger partial charge >= 0.3 is 6.03 Å². The molecule has 3 amide bonds. The zero-order valence-electron chi connectivity index (χ0n) is 13.7. The fraction of sp³-hybridized carbons (Fsp3) is 0.467. The highest BCUT2D eigenvalue weighted by molar-refractivity contribution is 7.89. The van der Waals surface area contributed by atoms with Crippen molar-refractivity contribution in [3.05, 3.63) is 29.8 Å². The van der Waals surface area contributed by atoms with Gasteiger partial charge in [-0.2, -0.15) is 0 Å². The molecule has 0 aliphatic carbocycles. The molecule has 3 N–H and O–H groups in total. The Balaban J connectivity index is 1.65. The summed E-state index contributed by atoms with van der Waals surface area (Å²) >= 11 is 0. The second-order valence-electron chi connectivity index (χ2n) is 6.07. The van der Waals surface area contributed by atoms with Crippen LogP contribution in [0.4, 0.5) is 13.6 Å². The van der Waals surface area contributed by atoms with E-state index < -0.39 is 50.6 Å². The van der Waals surface area contributed by atoms with Gasteiger partial charge in [-0.15, -0.1) is 0 Å². The van der Waals surface area contributed by atoms with Crippen LogP contribution in [0.15, 0.2) is 23.1 Å². The Bertz CT molecular complexity index is 813. The van der Waals surface area contributed by atoms with Crippen molar-refractivity contribution in [2.24, 2.45) is 5.92 Å². The first kappa shape index (κ1) is 18.7. The summed E-state index contributed by atoms with van der Waals surface area (Å²) in [6.07, 6.45) is 0.971. The number of nitrogens with zero attached hydrogens (tertiary/aromatic N) is 1. The number of sulfonamides is 1. The van der Waals surface area contributed by atoms with Gasteiger partial charge in [-0.1, -0.05) is 6.07 Å². The SMILES string of the molecule is O=C1NC2NCCCC2C(=O)N1CCNS(=O)(=O)c1c(F)cccc1F. The number of benzene rings is 1. The lowest BCUT2D eigenvalue weighted by Gasteiger charge is -2.40. The average Bonchev–Trinajstić information content (AvgIpc) is 2.57. The second kappa shape index (κ2) is 7.25. The van der Waals surface area contributed by atoms with Crippen molar-refractivity contribution < 1.29 is 26.8 Å². The van der Waals surface area contributed by atoms with Crippen molar-refractivity contribution in [2.75, 3.05) is 19.6 Å². The summed E-state index contributed by atoms with van der Waals surface area (Å²) in [7, 11) is -4.46. The molecule has 8 nitrogen and oxygen atoms in total. The van der Waals surface area contributed by atoms with E-state index in [4.69, 9.17) is 0 Å². The summed E-state index contributed by atoms with van der Waals surface area (Å²) in [6.45, 7) is 0.0893. The predicted octanol–water partition coefficient (Wildman–Crippen LogP) is 0.121. The van der Waals surface area contributed by atoms with Crippen LogP contribution in [0, 0.1) is 17.6 Å². The van der Waals surface area contributed by atoms with Crippen LogP contribution in [0.3, 0.4) is 0 Å². The third-order valence-corrected chi connectivity index (χ3v) is 5.89. The van der Waals surface area contributed by atoms with Gasteiger partial charge in [0.1, 0.15) is 11.6 Å². The van der Waals surface area contributed by atoms with Crippen LogP contribution in [0.25, 0.3) is 0 Å². The maximum atomic E-state index is 13.6. The summed E-state index contributed by atoms with van der Waals surface area (Å²) in [5.41, 5.74) is 0. The molecule has 2 aliphatic heterocycles. The molecule has 11 heteroatoms. The molecule has 2 atom stereocenters. The molecule has 1 aromatic carbocycles. The number of carbonyl (C=O) groups excluding carboxylic acids is 2. The molecule has 2 fully saturated rings. The molecule has 2 aliphatic rings. The highest BCUT2D eigenvalue weighted by Gasteiger charge is 2.41. The van der Waals surface area contributed by atoms with E-state index in [2.05, 4.69) is 10.6 Å². The lowest BCUT2D eigenvalue weighted by atomic mass is 9.93. The number of hydrogen-bond donors (Lipinski definition) is 3. The van der Waals surface area contributed by atoms with Gasteiger partial charge in [-0.3, -0.25) is 15.0 Å². The Morgan fingerprint density at radius 3 is 2.62 bits per heavy atom. The van der Waals surface area contributed by atoms with Gasteiger partial charge in [0.2, 0.25) is 15.9 Å². The number of nitrogens with one attached hydrogen (secondary N) is 3. The van der Waals surface area contributed by atoms with E-state index in [0.717, 1.165) is 29.5 Å². The summed E-state index contributed by atoms with van der Waals surface area (Å²) in [4.78, 5) is 24.3. The molecule has 2 heterocycles. The number of amides is 3. The van der Waals surface area contributed by atoms with E-state index in [1.165, 1.54) is 0 Å². The van der Waals surface area contributed by atoms with Crippen LogP contribution in [-0.4, -0.2) is 51.1 Å². The number of piperidine rings is 1. The van der Waals surface area contributed by atoms with Crippen LogP contribution >= 0.6 is 0 Å². The van der Waals surface area contributed by atoms with E-state index in [1.54, 1.807) is 0 Å². The number of urea groups is 1. The fourth-order valence-corrected chi connectivity index (χ4v) is 4.29. The quantitative estimate of drug-likeness (QED) is 0.664. The predicted molar refractivity (Wildman–Crippen MR) is 86.3 cm³/mol. The maximum absolute atomic E-state index is 13.6. The summed E-state index contributed by atoms with van der Waals surface area (Å²) < 4.78 is 53.5. The molecule has 142 valence electrons. The lowest BCUT2D eigenvalue weighted by Crippen LogP contribution is -2.66. The molecule has 0 bridgehead atoms. The van der Waals surface area contributed by atoms with Gasteiger partial charge in [-0.25, -0.2) is 26.7 Å². The molecule has 0 radical (unpaired) electrons. The van der Waals surface area contributed by atoms with E-state index in [0.29, 0.717) is 13.0 Å². The maximum Gasteiger partial charge on any atom is 0.325 e. The smallest absolute Gasteiger partial charge is 0.321 e. The van der Waals surface area contributed by atoms with Gasteiger partial charge in [-0.05, 0) is 31.5 Å². The number of imide groups is 1. The number of hydrogen-bond acceptors (Lipinski definition) is 5. The van der Waals surface area contributed by atoms with Crippen LogP contribution < -0.4 is 15.4 Å². The van der Waals surface area contributed by atoms with E-state index in [9.17, 15) is 26.8 Å². The molecular weight excluding hydrogens is 370 g/mol. The third-order valence-electron chi connectivity index (χ3n) is 4.38. The molecule has 0 spiro atoms. The first-order valence-electron chi connectivity index (χ1n) is 8.10. The van der Waals surface area contributed by atoms with Crippen molar-refractivity contribution in [3.63, 3.8) is 0 Å².